The van der Waals surface area contributed by atoms with Crippen LogP contribution in [0.5, 0.6) is 0 Å². The Labute approximate surface area is 96.2 Å². The van der Waals surface area contributed by atoms with Crippen LogP contribution in [-0.4, -0.2) is 35.2 Å². The first kappa shape index (κ1) is 14.9. The number of carbonyl (C=O) groups is 2. The maximum Gasteiger partial charge on any atom is 0.328 e. The quantitative estimate of drug-likeness (QED) is 0.645. The van der Waals surface area contributed by atoms with Gasteiger partial charge in [0.15, 0.2) is 0 Å². The average Bonchev–Trinajstić information content (AvgIpc) is 2.11. The van der Waals surface area contributed by atoms with E-state index in [4.69, 9.17) is 9.84 Å². The van der Waals surface area contributed by atoms with Crippen molar-refractivity contribution >= 4 is 11.9 Å². The molecule has 0 aliphatic carbocycles. The van der Waals surface area contributed by atoms with Crippen molar-refractivity contribution in [3.8, 4) is 0 Å². The molecule has 0 heterocycles. The second kappa shape index (κ2) is 6.48. The Morgan fingerprint density at radius 1 is 1.38 bits per heavy atom. The fraction of sp³-hybridized carbons (Fsp3) is 0.818. The smallest absolute Gasteiger partial charge is 0.328 e. The van der Waals surface area contributed by atoms with E-state index in [1.54, 1.807) is 0 Å². The molecule has 5 heteroatoms. The molecule has 0 aliphatic heterocycles. The van der Waals surface area contributed by atoms with Crippen molar-refractivity contribution in [1.82, 2.24) is 5.32 Å². The van der Waals surface area contributed by atoms with Gasteiger partial charge in [-0.05, 0) is 34.1 Å². The van der Waals surface area contributed by atoms with Crippen molar-refractivity contribution in [1.29, 1.82) is 0 Å². The number of carboxylic acid groups (broad SMARTS) is 1. The average molecular weight is 231 g/mol. The van der Waals surface area contributed by atoms with E-state index in [1.807, 2.05) is 13.8 Å². The molecule has 0 rings (SSSR count). The Balaban J connectivity index is 3.79. The predicted octanol–water partition coefficient (Wildman–Crippen LogP) is 1.17. The fourth-order valence-corrected chi connectivity index (χ4v) is 1.02. The van der Waals surface area contributed by atoms with Gasteiger partial charge in [-0.3, -0.25) is 4.79 Å². The summed E-state index contributed by atoms with van der Waals surface area (Å²) in [6.45, 7) is 7.27. The monoisotopic (exact) mass is 231 g/mol. The third-order valence-electron chi connectivity index (χ3n) is 1.99. The summed E-state index contributed by atoms with van der Waals surface area (Å²) in [7, 11) is 0. The Kier molecular flexibility index (Phi) is 6.03. The summed E-state index contributed by atoms with van der Waals surface area (Å²) in [6, 6.07) is 0. The number of carboxylic acids is 1. The standard InChI is InChI=1S/C11H21NO4/c1-8(2)16-7-5-6-9(13)12-11(3,4)10(14)15/h8H,5-7H2,1-4H3,(H,12,13)(H,14,15). The third-order valence-corrected chi connectivity index (χ3v) is 1.99. The van der Waals surface area contributed by atoms with E-state index < -0.39 is 11.5 Å². The van der Waals surface area contributed by atoms with E-state index in [0.717, 1.165) is 0 Å². The number of carbonyl (C=O) groups excluding carboxylic acids is 1. The molecule has 0 atom stereocenters. The van der Waals surface area contributed by atoms with Crippen LogP contribution in [0.2, 0.25) is 0 Å². The number of aliphatic carboxylic acids is 1. The molecule has 0 aliphatic rings. The molecule has 16 heavy (non-hydrogen) atoms. The van der Waals surface area contributed by atoms with Crippen molar-refractivity contribution in [2.24, 2.45) is 0 Å². The molecule has 0 fully saturated rings. The molecule has 0 saturated heterocycles. The number of rotatable bonds is 7. The first-order valence-electron chi connectivity index (χ1n) is 5.41. The number of hydrogen-bond donors (Lipinski definition) is 2. The van der Waals surface area contributed by atoms with Gasteiger partial charge in [0, 0.05) is 13.0 Å². The van der Waals surface area contributed by atoms with Crippen LogP contribution >= 0.6 is 0 Å². The van der Waals surface area contributed by atoms with Gasteiger partial charge in [0.1, 0.15) is 5.54 Å². The molecule has 0 aromatic rings. The van der Waals surface area contributed by atoms with E-state index in [9.17, 15) is 9.59 Å². The van der Waals surface area contributed by atoms with E-state index in [1.165, 1.54) is 13.8 Å². The number of hydrogen-bond acceptors (Lipinski definition) is 3. The van der Waals surface area contributed by atoms with E-state index >= 15 is 0 Å². The summed E-state index contributed by atoms with van der Waals surface area (Å²) in [5.41, 5.74) is -1.21. The largest absolute Gasteiger partial charge is 0.480 e. The minimum absolute atomic E-state index is 0.151. The topological polar surface area (TPSA) is 75.6 Å². The minimum Gasteiger partial charge on any atom is -0.480 e. The van der Waals surface area contributed by atoms with Crippen molar-refractivity contribution in [3.63, 3.8) is 0 Å². The minimum atomic E-state index is -1.21. The van der Waals surface area contributed by atoms with Crippen LogP contribution in [0.1, 0.15) is 40.5 Å². The lowest BCUT2D eigenvalue weighted by Gasteiger charge is -2.20. The lowest BCUT2D eigenvalue weighted by atomic mass is 10.1. The highest BCUT2D eigenvalue weighted by Crippen LogP contribution is 2.03. The predicted molar refractivity (Wildman–Crippen MR) is 60.2 cm³/mol. The summed E-state index contributed by atoms with van der Waals surface area (Å²) in [5, 5.41) is 11.2. The summed E-state index contributed by atoms with van der Waals surface area (Å²) in [4.78, 5) is 22.1. The first-order chi connectivity index (χ1) is 7.25. The van der Waals surface area contributed by atoms with Crippen LogP contribution < -0.4 is 5.32 Å². The molecule has 94 valence electrons. The maximum atomic E-state index is 11.4. The van der Waals surface area contributed by atoms with Crippen LogP contribution in [0.3, 0.4) is 0 Å². The molecular weight excluding hydrogens is 210 g/mol. The zero-order valence-corrected chi connectivity index (χ0v) is 10.4. The van der Waals surface area contributed by atoms with Gasteiger partial charge < -0.3 is 15.2 Å². The van der Waals surface area contributed by atoms with Crippen molar-refractivity contribution in [2.75, 3.05) is 6.61 Å². The van der Waals surface area contributed by atoms with Gasteiger partial charge in [-0.1, -0.05) is 0 Å². The second-order valence-corrected chi connectivity index (χ2v) is 4.50. The SMILES string of the molecule is CC(C)OCCCC(=O)NC(C)(C)C(=O)O. The summed E-state index contributed by atoms with van der Waals surface area (Å²) in [5.74, 6) is -1.31. The summed E-state index contributed by atoms with van der Waals surface area (Å²) in [6.07, 6.45) is 1.03. The molecule has 0 radical (unpaired) electrons. The van der Waals surface area contributed by atoms with Crippen LogP contribution in [-0.2, 0) is 14.3 Å². The van der Waals surface area contributed by atoms with Crippen LogP contribution in [0.15, 0.2) is 0 Å². The van der Waals surface area contributed by atoms with Crippen LogP contribution in [0.4, 0.5) is 0 Å². The highest BCUT2D eigenvalue weighted by molar-refractivity contribution is 5.86. The van der Waals surface area contributed by atoms with Gasteiger partial charge in [0.05, 0.1) is 6.10 Å². The highest BCUT2D eigenvalue weighted by atomic mass is 16.5. The van der Waals surface area contributed by atoms with Gasteiger partial charge in [-0.2, -0.15) is 0 Å². The van der Waals surface area contributed by atoms with Gasteiger partial charge in [-0.15, -0.1) is 0 Å². The third kappa shape index (κ3) is 6.40. The molecule has 0 spiro atoms. The molecule has 0 unspecified atom stereocenters. The molecule has 0 bridgehead atoms. The van der Waals surface area contributed by atoms with Gasteiger partial charge >= 0.3 is 5.97 Å². The van der Waals surface area contributed by atoms with Crippen LogP contribution in [0, 0.1) is 0 Å². The summed E-state index contributed by atoms with van der Waals surface area (Å²) < 4.78 is 5.27. The van der Waals surface area contributed by atoms with Crippen LogP contribution in [0.25, 0.3) is 0 Å². The number of nitrogens with one attached hydrogen (secondary N) is 1. The summed E-state index contributed by atoms with van der Waals surface area (Å²) >= 11 is 0. The lowest BCUT2D eigenvalue weighted by Crippen LogP contribution is -2.49. The second-order valence-electron chi connectivity index (χ2n) is 4.50. The van der Waals surface area contributed by atoms with Crippen molar-refractivity contribution in [2.45, 2.75) is 52.2 Å². The Hall–Kier alpha value is -1.10. The van der Waals surface area contributed by atoms with Gasteiger partial charge in [0.25, 0.3) is 0 Å². The van der Waals surface area contributed by atoms with Crippen molar-refractivity contribution in [3.05, 3.63) is 0 Å². The van der Waals surface area contributed by atoms with Gasteiger partial charge in [-0.25, -0.2) is 4.79 Å². The highest BCUT2D eigenvalue weighted by Gasteiger charge is 2.28. The fourth-order valence-electron chi connectivity index (χ4n) is 1.02. The van der Waals surface area contributed by atoms with E-state index in [-0.39, 0.29) is 18.4 Å². The van der Waals surface area contributed by atoms with Crippen molar-refractivity contribution < 1.29 is 19.4 Å². The number of amides is 1. The number of ether oxygens (including phenoxy) is 1. The molecular formula is C11H21NO4. The molecule has 0 saturated carbocycles. The van der Waals surface area contributed by atoms with Gasteiger partial charge in [0.2, 0.25) is 5.91 Å². The Morgan fingerprint density at radius 3 is 2.38 bits per heavy atom. The molecule has 0 aromatic carbocycles. The normalized spacial score (nSPS) is 11.6. The molecule has 2 N–H and O–H groups in total. The molecule has 1 amide bonds. The molecule has 5 nitrogen and oxygen atoms in total. The zero-order chi connectivity index (χ0) is 12.8. The Bertz CT molecular complexity index is 248. The van der Waals surface area contributed by atoms with E-state index in [2.05, 4.69) is 5.32 Å². The lowest BCUT2D eigenvalue weighted by molar-refractivity contribution is -0.146. The first-order valence-corrected chi connectivity index (χ1v) is 5.41. The van der Waals surface area contributed by atoms with E-state index in [0.29, 0.717) is 13.0 Å². The maximum absolute atomic E-state index is 11.4. The Morgan fingerprint density at radius 2 is 1.94 bits per heavy atom. The molecule has 0 aromatic heterocycles. The zero-order valence-electron chi connectivity index (χ0n) is 10.4.